The third-order valence-corrected chi connectivity index (χ3v) is 3.96. The zero-order chi connectivity index (χ0) is 18.8. The fourth-order valence-corrected chi connectivity index (χ4v) is 2.53. The number of hydrogen-bond acceptors (Lipinski definition) is 3. The van der Waals surface area contributed by atoms with Crippen LogP contribution in [0.5, 0.6) is 5.75 Å². The molecule has 0 aliphatic carbocycles. The third-order valence-electron chi connectivity index (χ3n) is 3.96. The largest absolute Gasteiger partial charge is 0.493 e. The maximum atomic E-state index is 12.4. The fourth-order valence-electron chi connectivity index (χ4n) is 2.53. The molecule has 26 heavy (non-hydrogen) atoms. The van der Waals surface area contributed by atoms with Crippen molar-refractivity contribution in [3.63, 3.8) is 0 Å². The highest BCUT2D eigenvalue weighted by molar-refractivity contribution is 6.00. The summed E-state index contributed by atoms with van der Waals surface area (Å²) in [6.45, 7) is 4.63. The van der Waals surface area contributed by atoms with Gasteiger partial charge in [-0.3, -0.25) is 20.4 Å². The van der Waals surface area contributed by atoms with E-state index in [-0.39, 0.29) is 5.91 Å². The van der Waals surface area contributed by atoms with E-state index < -0.39 is 5.91 Å². The zero-order valence-electron chi connectivity index (χ0n) is 15.4. The maximum absolute atomic E-state index is 12.4. The molecule has 0 saturated carbocycles. The molecule has 0 atom stereocenters. The first-order valence-corrected chi connectivity index (χ1v) is 9.01. The van der Waals surface area contributed by atoms with Gasteiger partial charge in [-0.2, -0.15) is 0 Å². The van der Waals surface area contributed by atoms with Crippen LogP contribution in [0.1, 0.15) is 58.9 Å². The Morgan fingerprint density at radius 2 is 1.69 bits per heavy atom. The molecule has 2 amide bonds. The molecular formula is C21H26N2O3. The normalized spacial score (nSPS) is 10.2. The van der Waals surface area contributed by atoms with E-state index in [1.54, 1.807) is 36.4 Å². The van der Waals surface area contributed by atoms with Crippen molar-refractivity contribution in [2.24, 2.45) is 0 Å². The highest BCUT2D eigenvalue weighted by Crippen LogP contribution is 2.18. The average molecular weight is 354 g/mol. The van der Waals surface area contributed by atoms with E-state index in [0.717, 1.165) is 18.4 Å². The summed E-state index contributed by atoms with van der Waals surface area (Å²) in [5, 5.41) is 0. The van der Waals surface area contributed by atoms with Gasteiger partial charge in [-0.25, -0.2) is 0 Å². The Bertz CT molecular complexity index is 744. The van der Waals surface area contributed by atoms with Crippen LogP contribution >= 0.6 is 0 Å². The van der Waals surface area contributed by atoms with Crippen LogP contribution in [0.3, 0.4) is 0 Å². The Kier molecular flexibility index (Phi) is 7.68. The monoisotopic (exact) mass is 354 g/mol. The molecule has 0 bridgehead atoms. The third kappa shape index (κ3) is 5.92. The van der Waals surface area contributed by atoms with Crippen LogP contribution in [0.15, 0.2) is 48.5 Å². The smallest absolute Gasteiger partial charge is 0.273 e. The average Bonchev–Trinajstić information content (AvgIpc) is 2.66. The lowest BCUT2D eigenvalue weighted by Crippen LogP contribution is -2.41. The number of carbonyl (C=O) groups excluding carboxylic acids is 2. The number of nitrogens with one attached hydrogen (secondary N) is 2. The quantitative estimate of drug-likeness (QED) is 0.555. The van der Waals surface area contributed by atoms with Gasteiger partial charge in [0.05, 0.1) is 12.2 Å². The highest BCUT2D eigenvalue weighted by atomic mass is 16.5. The molecule has 138 valence electrons. The van der Waals surface area contributed by atoms with Crippen LogP contribution in [0, 0.1) is 6.92 Å². The lowest BCUT2D eigenvalue weighted by molar-refractivity contribution is 0.0844. The number of para-hydroxylation sites is 1. The Morgan fingerprint density at radius 1 is 0.923 bits per heavy atom. The molecule has 2 rings (SSSR count). The van der Waals surface area contributed by atoms with E-state index in [0.29, 0.717) is 23.5 Å². The maximum Gasteiger partial charge on any atom is 0.273 e. The lowest BCUT2D eigenvalue weighted by atomic mass is 10.1. The van der Waals surface area contributed by atoms with Gasteiger partial charge in [0, 0.05) is 5.56 Å². The van der Waals surface area contributed by atoms with Gasteiger partial charge < -0.3 is 4.74 Å². The topological polar surface area (TPSA) is 67.4 Å². The number of ether oxygens (including phenoxy) is 1. The predicted octanol–water partition coefficient (Wildman–Crippen LogP) is 4.03. The minimum absolute atomic E-state index is 0.361. The lowest BCUT2D eigenvalue weighted by Gasteiger charge is -2.12. The zero-order valence-corrected chi connectivity index (χ0v) is 15.4. The number of carbonyl (C=O) groups is 2. The SMILES string of the molecule is CCCCCCOc1ccccc1C(=O)NNC(=O)c1cccc(C)c1. The number of rotatable bonds is 8. The number of benzene rings is 2. The van der Waals surface area contributed by atoms with Crippen molar-refractivity contribution in [1.82, 2.24) is 10.9 Å². The summed E-state index contributed by atoms with van der Waals surface area (Å²) < 4.78 is 5.74. The van der Waals surface area contributed by atoms with Gasteiger partial charge in [0.1, 0.15) is 5.75 Å². The summed E-state index contributed by atoms with van der Waals surface area (Å²) in [6.07, 6.45) is 4.40. The van der Waals surface area contributed by atoms with E-state index in [1.165, 1.54) is 12.8 Å². The Labute approximate surface area is 154 Å². The predicted molar refractivity (Wildman–Crippen MR) is 102 cm³/mol. The molecule has 2 N–H and O–H groups in total. The van der Waals surface area contributed by atoms with Gasteiger partial charge in [-0.15, -0.1) is 0 Å². The number of hydrogen-bond donors (Lipinski definition) is 2. The summed E-state index contributed by atoms with van der Waals surface area (Å²) in [4.78, 5) is 24.5. The molecule has 2 aromatic rings. The summed E-state index contributed by atoms with van der Waals surface area (Å²) in [5.74, 6) is -0.249. The summed E-state index contributed by atoms with van der Waals surface area (Å²) in [6, 6.07) is 14.2. The Hall–Kier alpha value is -2.82. The molecule has 0 radical (unpaired) electrons. The molecule has 5 heteroatoms. The first-order valence-electron chi connectivity index (χ1n) is 9.01. The van der Waals surface area contributed by atoms with Gasteiger partial charge in [0.15, 0.2) is 0 Å². The number of hydrazine groups is 1. The van der Waals surface area contributed by atoms with Gasteiger partial charge in [0.2, 0.25) is 0 Å². The second kappa shape index (κ2) is 10.2. The first-order chi connectivity index (χ1) is 12.6. The second-order valence-corrected chi connectivity index (χ2v) is 6.18. The second-order valence-electron chi connectivity index (χ2n) is 6.18. The van der Waals surface area contributed by atoms with Gasteiger partial charge in [-0.05, 0) is 37.6 Å². The molecule has 2 aromatic carbocycles. The van der Waals surface area contributed by atoms with Gasteiger partial charge in [0.25, 0.3) is 11.8 Å². The van der Waals surface area contributed by atoms with Gasteiger partial charge >= 0.3 is 0 Å². The van der Waals surface area contributed by atoms with Crippen LogP contribution in [0.2, 0.25) is 0 Å². The van der Waals surface area contributed by atoms with Crippen molar-refractivity contribution in [3.05, 3.63) is 65.2 Å². The molecule has 0 aromatic heterocycles. The molecule has 0 heterocycles. The summed E-state index contributed by atoms with van der Waals surface area (Å²) in [5.41, 5.74) is 6.76. The fraction of sp³-hybridized carbons (Fsp3) is 0.333. The van der Waals surface area contributed by atoms with Crippen LogP contribution in [0.25, 0.3) is 0 Å². The number of amides is 2. The molecular weight excluding hydrogens is 328 g/mol. The molecule has 0 aliphatic rings. The van der Waals surface area contributed by atoms with Crippen molar-refractivity contribution in [2.45, 2.75) is 39.5 Å². The summed E-state index contributed by atoms with van der Waals surface area (Å²) >= 11 is 0. The number of unbranched alkanes of at least 4 members (excludes halogenated alkanes) is 3. The van der Waals surface area contributed by atoms with E-state index >= 15 is 0 Å². The van der Waals surface area contributed by atoms with E-state index in [9.17, 15) is 9.59 Å². The molecule has 0 fully saturated rings. The molecule has 0 aliphatic heterocycles. The van der Waals surface area contributed by atoms with Crippen LogP contribution < -0.4 is 15.6 Å². The van der Waals surface area contributed by atoms with Crippen molar-refractivity contribution in [2.75, 3.05) is 6.61 Å². The van der Waals surface area contributed by atoms with Crippen LogP contribution in [-0.2, 0) is 0 Å². The van der Waals surface area contributed by atoms with E-state index in [2.05, 4.69) is 17.8 Å². The van der Waals surface area contributed by atoms with Crippen LogP contribution in [-0.4, -0.2) is 18.4 Å². The van der Waals surface area contributed by atoms with Crippen molar-refractivity contribution < 1.29 is 14.3 Å². The summed E-state index contributed by atoms with van der Waals surface area (Å²) in [7, 11) is 0. The first kappa shape index (κ1) is 19.5. The molecule has 0 unspecified atom stereocenters. The van der Waals surface area contributed by atoms with Crippen LogP contribution in [0.4, 0.5) is 0 Å². The van der Waals surface area contributed by atoms with Crippen molar-refractivity contribution in [3.8, 4) is 5.75 Å². The Morgan fingerprint density at radius 3 is 2.46 bits per heavy atom. The molecule has 0 saturated heterocycles. The molecule has 0 spiro atoms. The minimum Gasteiger partial charge on any atom is -0.493 e. The highest BCUT2D eigenvalue weighted by Gasteiger charge is 2.13. The minimum atomic E-state index is -0.407. The standard InChI is InChI=1S/C21H26N2O3/c1-3-4-5-8-14-26-19-13-7-6-12-18(19)21(25)23-22-20(24)17-11-9-10-16(2)15-17/h6-7,9-13,15H,3-5,8,14H2,1-2H3,(H,22,24)(H,23,25). The van der Waals surface area contributed by atoms with E-state index in [1.807, 2.05) is 19.1 Å². The van der Waals surface area contributed by atoms with Crippen molar-refractivity contribution in [1.29, 1.82) is 0 Å². The van der Waals surface area contributed by atoms with Gasteiger partial charge in [-0.1, -0.05) is 56.0 Å². The van der Waals surface area contributed by atoms with Crippen molar-refractivity contribution >= 4 is 11.8 Å². The molecule has 5 nitrogen and oxygen atoms in total. The van der Waals surface area contributed by atoms with E-state index in [4.69, 9.17) is 4.74 Å². The number of aryl methyl sites for hydroxylation is 1. The Balaban J connectivity index is 1.91.